The van der Waals surface area contributed by atoms with E-state index in [0.29, 0.717) is 16.4 Å². The van der Waals surface area contributed by atoms with Crippen molar-refractivity contribution in [2.75, 3.05) is 0 Å². The van der Waals surface area contributed by atoms with Crippen LogP contribution in [-0.2, 0) is 13.2 Å². The summed E-state index contributed by atoms with van der Waals surface area (Å²) in [5.41, 5.74) is 0.400. The summed E-state index contributed by atoms with van der Waals surface area (Å²) in [7, 11) is 0. The highest BCUT2D eigenvalue weighted by molar-refractivity contribution is 6.31. The van der Waals surface area contributed by atoms with Crippen LogP contribution in [-0.4, -0.2) is 14.7 Å². The van der Waals surface area contributed by atoms with Gasteiger partial charge in [0.2, 0.25) is 0 Å². The maximum Gasteiger partial charge on any atom is 0.134 e. The SMILES string of the molecule is OCc1nccn1Cc1c(F)cccc1Cl. The zero-order chi connectivity index (χ0) is 11.5. The molecule has 5 heteroatoms. The fourth-order valence-electron chi connectivity index (χ4n) is 1.49. The molecule has 0 bridgehead atoms. The lowest BCUT2D eigenvalue weighted by atomic mass is 10.2. The van der Waals surface area contributed by atoms with E-state index in [2.05, 4.69) is 4.98 Å². The standard InChI is InChI=1S/C11H10ClFN2O/c12-9-2-1-3-10(13)8(9)6-15-5-4-14-11(15)7-16/h1-5,16H,6-7H2. The molecule has 1 aromatic carbocycles. The molecular formula is C11H10ClFN2O. The average Bonchev–Trinajstić information content (AvgIpc) is 2.71. The zero-order valence-corrected chi connectivity index (χ0v) is 9.15. The normalized spacial score (nSPS) is 10.7. The van der Waals surface area contributed by atoms with Crippen molar-refractivity contribution in [3.05, 3.63) is 52.8 Å². The molecule has 16 heavy (non-hydrogen) atoms. The lowest BCUT2D eigenvalue weighted by Crippen LogP contribution is -2.06. The van der Waals surface area contributed by atoms with Crippen LogP contribution >= 0.6 is 11.6 Å². The molecule has 0 saturated carbocycles. The first-order valence-electron chi connectivity index (χ1n) is 4.76. The van der Waals surface area contributed by atoms with E-state index in [1.54, 1.807) is 29.1 Å². The molecule has 0 aliphatic rings. The Hall–Kier alpha value is -1.39. The van der Waals surface area contributed by atoms with Crippen LogP contribution in [0.3, 0.4) is 0 Å². The summed E-state index contributed by atoms with van der Waals surface area (Å²) in [4.78, 5) is 3.94. The third-order valence-electron chi connectivity index (χ3n) is 2.33. The Bertz CT molecular complexity index is 478. The highest BCUT2D eigenvalue weighted by atomic mass is 35.5. The van der Waals surface area contributed by atoms with E-state index in [-0.39, 0.29) is 19.0 Å². The summed E-state index contributed by atoms with van der Waals surface area (Å²) >= 11 is 5.91. The fraction of sp³-hybridized carbons (Fsp3) is 0.182. The van der Waals surface area contributed by atoms with E-state index in [9.17, 15) is 4.39 Å². The molecule has 0 radical (unpaired) electrons. The Morgan fingerprint density at radius 3 is 2.94 bits per heavy atom. The molecule has 0 saturated heterocycles. The zero-order valence-electron chi connectivity index (χ0n) is 8.40. The van der Waals surface area contributed by atoms with Crippen molar-refractivity contribution < 1.29 is 9.50 Å². The van der Waals surface area contributed by atoms with E-state index in [1.807, 2.05) is 0 Å². The van der Waals surface area contributed by atoms with Gasteiger partial charge in [-0.05, 0) is 12.1 Å². The number of hydrogen-bond acceptors (Lipinski definition) is 2. The molecule has 1 heterocycles. The van der Waals surface area contributed by atoms with E-state index in [4.69, 9.17) is 16.7 Å². The maximum absolute atomic E-state index is 13.5. The molecule has 0 amide bonds. The molecule has 2 aromatic rings. The summed E-state index contributed by atoms with van der Waals surface area (Å²) in [5, 5.41) is 9.39. The molecule has 0 atom stereocenters. The van der Waals surface area contributed by atoms with E-state index in [0.717, 1.165) is 0 Å². The quantitative estimate of drug-likeness (QED) is 0.893. The number of aliphatic hydroxyl groups is 1. The van der Waals surface area contributed by atoms with Gasteiger partial charge >= 0.3 is 0 Å². The third kappa shape index (κ3) is 2.08. The lowest BCUT2D eigenvalue weighted by Gasteiger charge is -2.08. The summed E-state index contributed by atoms with van der Waals surface area (Å²) in [6.45, 7) is 0.0838. The molecule has 3 nitrogen and oxygen atoms in total. The molecule has 0 fully saturated rings. The number of nitrogens with zero attached hydrogens (tertiary/aromatic N) is 2. The van der Waals surface area contributed by atoms with Crippen molar-refractivity contribution >= 4 is 11.6 Å². The topological polar surface area (TPSA) is 38.1 Å². The van der Waals surface area contributed by atoms with Crippen LogP contribution in [0.4, 0.5) is 4.39 Å². The molecule has 2 rings (SSSR count). The number of imidazole rings is 1. The Kier molecular flexibility index (Phi) is 3.22. The summed E-state index contributed by atoms with van der Waals surface area (Å²) in [6.07, 6.45) is 3.23. The molecule has 0 aliphatic carbocycles. The smallest absolute Gasteiger partial charge is 0.134 e. The molecular weight excluding hydrogens is 231 g/mol. The van der Waals surface area contributed by atoms with Gasteiger partial charge in [0.25, 0.3) is 0 Å². The monoisotopic (exact) mass is 240 g/mol. The lowest BCUT2D eigenvalue weighted by molar-refractivity contribution is 0.266. The van der Waals surface area contributed by atoms with Gasteiger partial charge in [-0.15, -0.1) is 0 Å². The second-order valence-electron chi connectivity index (χ2n) is 3.33. The van der Waals surface area contributed by atoms with Crippen molar-refractivity contribution in [1.29, 1.82) is 0 Å². The van der Waals surface area contributed by atoms with Crippen LogP contribution in [0.1, 0.15) is 11.4 Å². The fourth-order valence-corrected chi connectivity index (χ4v) is 1.71. The Morgan fingerprint density at radius 1 is 1.44 bits per heavy atom. The average molecular weight is 241 g/mol. The van der Waals surface area contributed by atoms with Gasteiger partial charge in [-0.2, -0.15) is 0 Å². The highest BCUT2D eigenvalue weighted by Gasteiger charge is 2.09. The number of benzene rings is 1. The van der Waals surface area contributed by atoms with E-state index in [1.165, 1.54) is 6.07 Å². The van der Waals surface area contributed by atoms with Gasteiger partial charge in [0.15, 0.2) is 0 Å². The number of aromatic nitrogens is 2. The van der Waals surface area contributed by atoms with Crippen molar-refractivity contribution in [1.82, 2.24) is 9.55 Å². The molecule has 1 N–H and O–H groups in total. The minimum Gasteiger partial charge on any atom is -0.388 e. The molecule has 0 unspecified atom stereocenters. The van der Waals surface area contributed by atoms with Crippen LogP contribution in [0.25, 0.3) is 0 Å². The van der Waals surface area contributed by atoms with Gasteiger partial charge in [-0.1, -0.05) is 17.7 Å². The van der Waals surface area contributed by atoms with Crippen molar-refractivity contribution in [3.8, 4) is 0 Å². The molecule has 84 valence electrons. The third-order valence-corrected chi connectivity index (χ3v) is 2.69. The predicted molar refractivity (Wildman–Crippen MR) is 58.7 cm³/mol. The number of hydrogen-bond donors (Lipinski definition) is 1. The minimum atomic E-state index is -0.356. The van der Waals surface area contributed by atoms with Gasteiger partial charge < -0.3 is 9.67 Å². The Morgan fingerprint density at radius 2 is 2.25 bits per heavy atom. The number of rotatable bonds is 3. The van der Waals surface area contributed by atoms with Gasteiger partial charge in [-0.3, -0.25) is 0 Å². The van der Waals surface area contributed by atoms with Crippen molar-refractivity contribution in [2.24, 2.45) is 0 Å². The largest absolute Gasteiger partial charge is 0.388 e. The van der Waals surface area contributed by atoms with Crippen LogP contribution in [0, 0.1) is 5.82 Å². The van der Waals surface area contributed by atoms with Gasteiger partial charge in [0.1, 0.15) is 18.2 Å². The second-order valence-corrected chi connectivity index (χ2v) is 3.74. The van der Waals surface area contributed by atoms with Gasteiger partial charge in [-0.25, -0.2) is 9.37 Å². The van der Waals surface area contributed by atoms with Crippen LogP contribution in [0.2, 0.25) is 5.02 Å². The number of aliphatic hydroxyl groups excluding tert-OH is 1. The van der Waals surface area contributed by atoms with Gasteiger partial charge in [0.05, 0.1) is 6.54 Å². The molecule has 1 aromatic heterocycles. The number of halogens is 2. The Balaban J connectivity index is 2.34. The second kappa shape index (κ2) is 4.63. The molecule has 0 aliphatic heterocycles. The van der Waals surface area contributed by atoms with Crippen LogP contribution in [0.5, 0.6) is 0 Å². The first kappa shape index (κ1) is 11.1. The minimum absolute atomic E-state index is 0.181. The first-order chi connectivity index (χ1) is 7.72. The summed E-state index contributed by atoms with van der Waals surface area (Å²) < 4.78 is 15.2. The maximum atomic E-state index is 13.5. The van der Waals surface area contributed by atoms with E-state index >= 15 is 0 Å². The van der Waals surface area contributed by atoms with Crippen molar-refractivity contribution in [2.45, 2.75) is 13.2 Å². The summed E-state index contributed by atoms with van der Waals surface area (Å²) in [6, 6.07) is 4.55. The Labute approximate surface area is 97.1 Å². The van der Waals surface area contributed by atoms with Crippen LogP contribution in [0.15, 0.2) is 30.6 Å². The highest BCUT2D eigenvalue weighted by Crippen LogP contribution is 2.20. The van der Waals surface area contributed by atoms with Crippen LogP contribution < -0.4 is 0 Å². The van der Waals surface area contributed by atoms with Crippen molar-refractivity contribution in [3.63, 3.8) is 0 Å². The first-order valence-corrected chi connectivity index (χ1v) is 5.14. The predicted octanol–water partition coefficient (Wildman–Crippen LogP) is 2.22. The summed E-state index contributed by atoms with van der Waals surface area (Å²) in [5.74, 6) is 0.129. The van der Waals surface area contributed by atoms with E-state index < -0.39 is 0 Å². The molecule has 0 spiro atoms. The van der Waals surface area contributed by atoms with Gasteiger partial charge in [0, 0.05) is 23.0 Å².